The summed E-state index contributed by atoms with van der Waals surface area (Å²) in [5.41, 5.74) is 0.962. The SMILES string of the molecule is COc1cccc(F)c1-c1nccc(C(=O)Nc2ccc(Br)cc2N2CCN(C(=O)OC(C)(C)C)CC2)n1. The van der Waals surface area contributed by atoms with Crippen molar-refractivity contribution in [2.45, 2.75) is 26.4 Å². The molecule has 2 amide bonds. The number of rotatable bonds is 5. The number of nitrogens with one attached hydrogen (secondary N) is 1. The van der Waals surface area contributed by atoms with Gasteiger partial charge < -0.3 is 24.6 Å². The third-order valence-electron chi connectivity index (χ3n) is 5.79. The molecule has 200 valence electrons. The largest absolute Gasteiger partial charge is 0.496 e. The Kier molecular flexibility index (Phi) is 8.15. The number of nitrogens with zero attached hydrogens (tertiary/aromatic N) is 4. The molecule has 0 aliphatic carbocycles. The maximum absolute atomic E-state index is 14.6. The normalized spacial score (nSPS) is 13.7. The Labute approximate surface area is 229 Å². The molecule has 0 radical (unpaired) electrons. The van der Waals surface area contributed by atoms with Gasteiger partial charge in [0.1, 0.15) is 22.9 Å². The Morgan fingerprint density at radius 1 is 1.08 bits per heavy atom. The van der Waals surface area contributed by atoms with Gasteiger partial charge in [-0.3, -0.25) is 4.79 Å². The standard InChI is InChI=1S/C27H29BrFN5O4/c1-27(2,3)38-26(36)34-14-12-33(13-15-34)21-16-17(28)8-9-19(21)32-25(35)20-10-11-30-24(31-20)23-18(29)6-5-7-22(23)37-4/h5-11,16H,12-15H2,1-4H3,(H,32,35). The summed E-state index contributed by atoms with van der Waals surface area (Å²) in [6.07, 6.45) is 1.06. The first-order valence-electron chi connectivity index (χ1n) is 12.1. The van der Waals surface area contributed by atoms with Crippen LogP contribution in [0.4, 0.5) is 20.6 Å². The van der Waals surface area contributed by atoms with Gasteiger partial charge in [0.15, 0.2) is 5.82 Å². The van der Waals surface area contributed by atoms with Gasteiger partial charge in [-0.15, -0.1) is 0 Å². The van der Waals surface area contributed by atoms with Crippen molar-refractivity contribution >= 4 is 39.3 Å². The molecule has 2 heterocycles. The van der Waals surface area contributed by atoms with Gasteiger partial charge in [-0.25, -0.2) is 19.2 Å². The maximum Gasteiger partial charge on any atom is 0.410 e. The topological polar surface area (TPSA) is 96.9 Å². The van der Waals surface area contributed by atoms with Crippen LogP contribution in [-0.2, 0) is 4.74 Å². The van der Waals surface area contributed by atoms with Gasteiger partial charge in [0.05, 0.1) is 24.0 Å². The van der Waals surface area contributed by atoms with Crippen LogP contribution in [0.1, 0.15) is 31.3 Å². The van der Waals surface area contributed by atoms with Crippen LogP contribution in [0.25, 0.3) is 11.4 Å². The minimum atomic E-state index is -0.561. The summed E-state index contributed by atoms with van der Waals surface area (Å²) in [5.74, 6) is -0.715. The zero-order chi connectivity index (χ0) is 27.4. The molecule has 1 fully saturated rings. The fourth-order valence-electron chi connectivity index (χ4n) is 4.01. The van der Waals surface area contributed by atoms with E-state index in [0.717, 1.165) is 10.2 Å². The van der Waals surface area contributed by atoms with Crippen molar-refractivity contribution in [1.82, 2.24) is 14.9 Å². The Morgan fingerprint density at radius 2 is 1.82 bits per heavy atom. The maximum atomic E-state index is 14.6. The van der Waals surface area contributed by atoms with E-state index in [4.69, 9.17) is 9.47 Å². The van der Waals surface area contributed by atoms with E-state index in [2.05, 4.69) is 36.1 Å². The highest BCUT2D eigenvalue weighted by atomic mass is 79.9. The molecule has 0 bridgehead atoms. The van der Waals surface area contributed by atoms with Crippen LogP contribution in [0.15, 0.2) is 53.1 Å². The predicted molar refractivity (Wildman–Crippen MR) is 146 cm³/mol. The lowest BCUT2D eigenvalue weighted by molar-refractivity contribution is 0.0240. The lowest BCUT2D eigenvalue weighted by Gasteiger charge is -2.37. The minimum absolute atomic E-state index is 0.0434. The second-order valence-corrected chi connectivity index (χ2v) is 10.6. The molecule has 1 aliphatic heterocycles. The number of aromatic nitrogens is 2. The number of hydrogen-bond acceptors (Lipinski definition) is 7. The highest BCUT2D eigenvalue weighted by Crippen LogP contribution is 2.32. The summed E-state index contributed by atoms with van der Waals surface area (Å²) < 4.78 is 26.1. The minimum Gasteiger partial charge on any atom is -0.496 e. The lowest BCUT2D eigenvalue weighted by atomic mass is 10.1. The van der Waals surface area contributed by atoms with Crippen LogP contribution in [0.5, 0.6) is 5.75 Å². The number of carbonyl (C=O) groups is 2. The molecule has 9 nitrogen and oxygen atoms in total. The third kappa shape index (κ3) is 6.39. The molecular weight excluding hydrogens is 557 g/mol. The van der Waals surface area contributed by atoms with Crippen molar-refractivity contribution < 1.29 is 23.5 Å². The highest BCUT2D eigenvalue weighted by molar-refractivity contribution is 9.10. The number of carbonyl (C=O) groups excluding carboxylic acids is 2. The van der Waals surface area contributed by atoms with Gasteiger partial charge in [0.25, 0.3) is 5.91 Å². The van der Waals surface area contributed by atoms with Crippen molar-refractivity contribution in [3.05, 3.63) is 64.6 Å². The first-order valence-corrected chi connectivity index (χ1v) is 12.8. The summed E-state index contributed by atoms with van der Waals surface area (Å²) in [6, 6.07) is 11.4. The van der Waals surface area contributed by atoms with Crippen LogP contribution >= 0.6 is 15.9 Å². The fraction of sp³-hybridized carbons (Fsp3) is 0.333. The molecule has 1 N–H and O–H groups in total. The second kappa shape index (κ2) is 11.3. The number of amides is 2. The summed E-state index contributed by atoms with van der Waals surface area (Å²) in [7, 11) is 1.43. The van der Waals surface area contributed by atoms with E-state index in [1.165, 1.54) is 31.5 Å². The molecular formula is C27H29BrFN5O4. The molecule has 0 spiro atoms. The molecule has 11 heteroatoms. The average molecular weight is 586 g/mol. The lowest BCUT2D eigenvalue weighted by Crippen LogP contribution is -2.50. The Hall–Kier alpha value is -3.73. The van der Waals surface area contributed by atoms with E-state index in [1.54, 1.807) is 17.0 Å². The predicted octanol–water partition coefficient (Wildman–Crippen LogP) is 5.36. The van der Waals surface area contributed by atoms with Gasteiger partial charge in [-0.1, -0.05) is 22.0 Å². The van der Waals surface area contributed by atoms with Crippen molar-refractivity contribution in [3.63, 3.8) is 0 Å². The molecule has 1 aliphatic rings. The van der Waals surface area contributed by atoms with E-state index in [-0.39, 0.29) is 28.9 Å². The van der Waals surface area contributed by atoms with Gasteiger partial charge in [0, 0.05) is 36.8 Å². The number of anilines is 2. The fourth-order valence-corrected chi connectivity index (χ4v) is 4.36. The van der Waals surface area contributed by atoms with E-state index in [0.29, 0.717) is 31.9 Å². The van der Waals surface area contributed by atoms with Crippen molar-refractivity contribution in [2.24, 2.45) is 0 Å². The van der Waals surface area contributed by atoms with E-state index < -0.39 is 17.3 Å². The van der Waals surface area contributed by atoms with Crippen LogP contribution < -0.4 is 15.0 Å². The number of methoxy groups -OCH3 is 1. The quantitative estimate of drug-likeness (QED) is 0.430. The monoisotopic (exact) mass is 585 g/mol. The Morgan fingerprint density at radius 3 is 2.50 bits per heavy atom. The zero-order valence-corrected chi connectivity index (χ0v) is 23.2. The van der Waals surface area contributed by atoms with Crippen LogP contribution in [-0.4, -0.2) is 65.8 Å². The third-order valence-corrected chi connectivity index (χ3v) is 6.28. The van der Waals surface area contributed by atoms with Gasteiger partial charge >= 0.3 is 6.09 Å². The number of halogens is 2. The molecule has 0 unspecified atom stereocenters. The molecule has 2 aromatic carbocycles. The van der Waals surface area contributed by atoms with Crippen molar-refractivity contribution in [2.75, 3.05) is 43.5 Å². The van der Waals surface area contributed by atoms with Crippen molar-refractivity contribution in [3.8, 4) is 17.1 Å². The van der Waals surface area contributed by atoms with Crippen molar-refractivity contribution in [1.29, 1.82) is 0 Å². The molecule has 4 rings (SSSR count). The van der Waals surface area contributed by atoms with Crippen LogP contribution in [0.3, 0.4) is 0 Å². The van der Waals surface area contributed by atoms with E-state index in [1.807, 2.05) is 32.9 Å². The smallest absolute Gasteiger partial charge is 0.410 e. The summed E-state index contributed by atoms with van der Waals surface area (Å²) in [5, 5.41) is 2.92. The molecule has 38 heavy (non-hydrogen) atoms. The Bertz CT molecular complexity index is 1340. The molecule has 1 saturated heterocycles. The number of piperazine rings is 1. The summed E-state index contributed by atoms with van der Waals surface area (Å²) in [4.78, 5) is 37.9. The molecule has 3 aromatic rings. The molecule has 0 atom stereocenters. The van der Waals surface area contributed by atoms with Gasteiger partial charge in [-0.2, -0.15) is 0 Å². The van der Waals surface area contributed by atoms with Gasteiger partial charge in [0.2, 0.25) is 0 Å². The first kappa shape index (κ1) is 27.3. The number of ether oxygens (including phenoxy) is 2. The van der Waals surface area contributed by atoms with Gasteiger partial charge in [-0.05, 0) is 57.2 Å². The second-order valence-electron chi connectivity index (χ2n) is 9.65. The molecule has 1 aromatic heterocycles. The van der Waals surface area contributed by atoms with Crippen LogP contribution in [0, 0.1) is 5.82 Å². The highest BCUT2D eigenvalue weighted by Gasteiger charge is 2.27. The summed E-state index contributed by atoms with van der Waals surface area (Å²) in [6.45, 7) is 7.59. The van der Waals surface area contributed by atoms with E-state index in [9.17, 15) is 14.0 Å². The van der Waals surface area contributed by atoms with Crippen LogP contribution in [0.2, 0.25) is 0 Å². The number of benzene rings is 2. The van der Waals surface area contributed by atoms with E-state index >= 15 is 0 Å². The summed E-state index contributed by atoms with van der Waals surface area (Å²) >= 11 is 3.51. The zero-order valence-electron chi connectivity index (χ0n) is 21.6. The average Bonchev–Trinajstić information content (AvgIpc) is 2.88. The molecule has 0 saturated carbocycles. The Balaban J connectivity index is 1.52. The number of hydrogen-bond donors (Lipinski definition) is 1. The first-order chi connectivity index (χ1) is 18.1.